The molecule has 0 bridgehead atoms. The van der Waals surface area contributed by atoms with Gasteiger partial charge in [0.1, 0.15) is 5.01 Å². The van der Waals surface area contributed by atoms with Gasteiger partial charge in [-0.05, 0) is 45.9 Å². The van der Waals surface area contributed by atoms with Gasteiger partial charge in [-0.3, -0.25) is 4.79 Å². The zero-order chi connectivity index (χ0) is 19.3. The number of benzene rings is 1. The van der Waals surface area contributed by atoms with Crippen LogP contribution in [0.15, 0.2) is 23.6 Å². The van der Waals surface area contributed by atoms with Crippen molar-refractivity contribution < 1.29 is 14.3 Å². The molecule has 1 aromatic carbocycles. The lowest BCUT2D eigenvalue weighted by molar-refractivity contribution is -0.121. The van der Waals surface area contributed by atoms with Crippen molar-refractivity contribution in [2.45, 2.75) is 44.2 Å². The summed E-state index contributed by atoms with van der Waals surface area (Å²) in [7, 11) is 3.24. The Morgan fingerprint density at radius 2 is 1.96 bits per heavy atom. The van der Waals surface area contributed by atoms with Crippen LogP contribution in [-0.2, 0) is 10.5 Å². The van der Waals surface area contributed by atoms with Crippen LogP contribution in [0.25, 0.3) is 10.6 Å². The maximum Gasteiger partial charge on any atom is 0.233 e. The number of hydrogen-bond acceptors (Lipinski definition) is 6. The predicted molar refractivity (Wildman–Crippen MR) is 109 cm³/mol. The number of aromatic nitrogens is 1. The summed E-state index contributed by atoms with van der Waals surface area (Å²) in [5.41, 5.74) is 1.75. The van der Waals surface area contributed by atoms with Crippen LogP contribution in [0.4, 0.5) is 0 Å². The van der Waals surface area contributed by atoms with Crippen LogP contribution in [0.3, 0.4) is 0 Å². The zero-order valence-electron chi connectivity index (χ0n) is 16.1. The number of methoxy groups -OCH3 is 2. The van der Waals surface area contributed by atoms with Crippen molar-refractivity contribution in [1.29, 1.82) is 0 Å². The number of rotatable bonds is 7. The highest BCUT2D eigenvalue weighted by Crippen LogP contribution is 2.34. The van der Waals surface area contributed by atoms with Gasteiger partial charge in [-0.2, -0.15) is 0 Å². The summed E-state index contributed by atoms with van der Waals surface area (Å²) >= 11 is 3.17. The number of carbonyl (C=O) groups is 1. The summed E-state index contributed by atoms with van der Waals surface area (Å²) in [4.78, 5) is 16.8. The Kier molecular flexibility index (Phi) is 6.94. The number of carbonyl (C=O) groups excluding carboxylic acids is 1. The van der Waals surface area contributed by atoms with Crippen molar-refractivity contribution in [2.24, 2.45) is 0 Å². The van der Waals surface area contributed by atoms with Crippen LogP contribution < -0.4 is 14.8 Å². The van der Waals surface area contributed by atoms with E-state index in [-0.39, 0.29) is 16.7 Å². The van der Waals surface area contributed by atoms with Crippen molar-refractivity contribution in [1.82, 2.24) is 10.3 Å². The highest BCUT2D eigenvalue weighted by molar-refractivity contribution is 7.99. The molecule has 1 atom stereocenters. The molecule has 0 fully saturated rings. The first-order chi connectivity index (χ1) is 12.2. The lowest BCUT2D eigenvalue weighted by Gasteiger charge is -2.22. The summed E-state index contributed by atoms with van der Waals surface area (Å²) in [5, 5.41) is 5.84. The highest BCUT2D eigenvalue weighted by atomic mass is 32.2. The summed E-state index contributed by atoms with van der Waals surface area (Å²) in [6.07, 6.45) is 0. The minimum absolute atomic E-state index is 0.0536. The minimum atomic E-state index is -0.215. The molecule has 1 amide bonds. The third-order valence-corrected chi connectivity index (χ3v) is 5.65. The molecule has 0 unspecified atom stereocenters. The molecule has 0 spiro atoms. The molecule has 1 aromatic heterocycles. The number of ether oxygens (including phenoxy) is 2. The van der Waals surface area contributed by atoms with Gasteiger partial charge in [0, 0.05) is 22.2 Å². The first-order valence-electron chi connectivity index (χ1n) is 8.34. The van der Waals surface area contributed by atoms with E-state index in [0.29, 0.717) is 17.3 Å². The van der Waals surface area contributed by atoms with E-state index in [4.69, 9.17) is 9.47 Å². The fourth-order valence-corrected chi connectivity index (χ4v) is 3.93. The van der Waals surface area contributed by atoms with Crippen LogP contribution in [0, 0.1) is 0 Å². The van der Waals surface area contributed by atoms with Crippen LogP contribution in [-0.4, -0.2) is 35.9 Å². The standard InChI is InChI=1S/C19H26N2O3S2/c1-12(17(22)21-19(2,3)4)25-10-14-11-26-18(20-14)13-7-8-15(23-5)16(9-13)24-6/h7-9,11-12H,10H2,1-6H3,(H,21,22)/t12-/m0/s1. The van der Waals surface area contributed by atoms with E-state index in [2.05, 4.69) is 10.3 Å². The smallest absolute Gasteiger partial charge is 0.233 e. The Morgan fingerprint density at radius 1 is 1.27 bits per heavy atom. The van der Waals surface area contributed by atoms with Crippen molar-refractivity contribution in [3.8, 4) is 22.1 Å². The molecule has 2 rings (SSSR count). The van der Waals surface area contributed by atoms with Gasteiger partial charge in [0.15, 0.2) is 11.5 Å². The highest BCUT2D eigenvalue weighted by Gasteiger charge is 2.20. The van der Waals surface area contributed by atoms with E-state index in [1.165, 1.54) is 0 Å². The average molecular weight is 395 g/mol. The van der Waals surface area contributed by atoms with Crippen molar-refractivity contribution >= 4 is 29.0 Å². The molecule has 142 valence electrons. The quantitative estimate of drug-likeness (QED) is 0.756. The van der Waals surface area contributed by atoms with Crippen LogP contribution in [0.1, 0.15) is 33.4 Å². The van der Waals surface area contributed by atoms with E-state index in [1.807, 2.05) is 51.3 Å². The van der Waals surface area contributed by atoms with E-state index in [1.54, 1.807) is 37.3 Å². The van der Waals surface area contributed by atoms with Crippen LogP contribution in [0.2, 0.25) is 0 Å². The summed E-state index contributed by atoms with van der Waals surface area (Å²) < 4.78 is 10.6. The molecule has 7 heteroatoms. The van der Waals surface area contributed by atoms with E-state index >= 15 is 0 Å². The van der Waals surface area contributed by atoms with Crippen molar-refractivity contribution in [3.05, 3.63) is 29.3 Å². The molecule has 5 nitrogen and oxygen atoms in total. The van der Waals surface area contributed by atoms with E-state index in [0.717, 1.165) is 16.3 Å². The Hall–Kier alpha value is -1.73. The number of nitrogens with zero attached hydrogens (tertiary/aromatic N) is 1. The molecular formula is C19H26N2O3S2. The van der Waals surface area contributed by atoms with E-state index < -0.39 is 0 Å². The maximum absolute atomic E-state index is 12.2. The first-order valence-corrected chi connectivity index (χ1v) is 10.3. The molecule has 0 saturated heterocycles. The van der Waals surface area contributed by atoms with Gasteiger partial charge in [-0.25, -0.2) is 4.98 Å². The molecule has 0 aliphatic carbocycles. The molecule has 2 aromatic rings. The minimum Gasteiger partial charge on any atom is -0.493 e. The molecule has 0 saturated carbocycles. The molecule has 26 heavy (non-hydrogen) atoms. The van der Waals surface area contributed by atoms with Crippen LogP contribution in [0.5, 0.6) is 11.5 Å². The second-order valence-electron chi connectivity index (χ2n) is 6.91. The Morgan fingerprint density at radius 3 is 2.58 bits per heavy atom. The van der Waals surface area contributed by atoms with Crippen molar-refractivity contribution in [2.75, 3.05) is 14.2 Å². The normalized spacial score (nSPS) is 12.5. The zero-order valence-corrected chi connectivity index (χ0v) is 17.7. The molecule has 1 N–H and O–H groups in total. The molecule has 1 heterocycles. The number of thiazole rings is 1. The Bertz CT molecular complexity index is 753. The van der Waals surface area contributed by atoms with Gasteiger partial charge in [-0.15, -0.1) is 23.1 Å². The Labute approximate surface area is 163 Å². The van der Waals surface area contributed by atoms with Crippen molar-refractivity contribution in [3.63, 3.8) is 0 Å². The van der Waals surface area contributed by atoms with Gasteiger partial charge < -0.3 is 14.8 Å². The third-order valence-electron chi connectivity index (χ3n) is 3.53. The lowest BCUT2D eigenvalue weighted by atomic mass is 10.1. The van der Waals surface area contributed by atoms with Gasteiger partial charge in [-0.1, -0.05) is 0 Å². The SMILES string of the molecule is COc1ccc(-c2nc(CS[C@@H](C)C(=O)NC(C)(C)C)cs2)cc1OC. The maximum atomic E-state index is 12.2. The summed E-state index contributed by atoms with van der Waals surface area (Å²) in [6, 6.07) is 5.77. The monoisotopic (exact) mass is 394 g/mol. The molecule has 0 aliphatic heterocycles. The van der Waals surface area contributed by atoms with Gasteiger partial charge in [0.05, 0.1) is 25.2 Å². The third kappa shape index (κ3) is 5.64. The predicted octanol–water partition coefficient (Wildman–Crippen LogP) is 4.36. The fourth-order valence-electron chi connectivity index (χ4n) is 2.23. The largest absolute Gasteiger partial charge is 0.493 e. The number of hydrogen-bond donors (Lipinski definition) is 1. The lowest BCUT2D eigenvalue weighted by Crippen LogP contribution is -2.44. The number of thioether (sulfide) groups is 1. The summed E-state index contributed by atoms with van der Waals surface area (Å²) in [5.74, 6) is 2.13. The number of nitrogens with one attached hydrogen (secondary N) is 1. The fraction of sp³-hybridized carbons (Fsp3) is 0.474. The van der Waals surface area contributed by atoms with Gasteiger partial charge >= 0.3 is 0 Å². The topological polar surface area (TPSA) is 60.5 Å². The average Bonchev–Trinajstić information content (AvgIpc) is 3.06. The second-order valence-corrected chi connectivity index (χ2v) is 9.09. The van der Waals surface area contributed by atoms with Gasteiger partial charge in [0.25, 0.3) is 0 Å². The van der Waals surface area contributed by atoms with E-state index in [9.17, 15) is 4.79 Å². The second kappa shape index (κ2) is 8.77. The van der Waals surface area contributed by atoms with Crippen LogP contribution >= 0.6 is 23.1 Å². The molecule has 0 radical (unpaired) electrons. The summed E-state index contributed by atoms with van der Waals surface area (Å²) in [6.45, 7) is 7.88. The van der Waals surface area contributed by atoms with Gasteiger partial charge in [0.2, 0.25) is 5.91 Å². The molecule has 0 aliphatic rings. The number of amides is 1. The molecular weight excluding hydrogens is 368 g/mol. The first kappa shape index (κ1) is 20.6. The Balaban J connectivity index is 2.01.